The largest absolute Gasteiger partial charge is 0.416 e. The highest BCUT2D eigenvalue weighted by Crippen LogP contribution is 2.36. The topological polar surface area (TPSA) is 29.1 Å². The number of amides is 1. The van der Waals surface area contributed by atoms with Gasteiger partial charge in [0.2, 0.25) is 0 Å². The molecule has 1 N–H and O–H groups in total. The molecule has 0 aliphatic heterocycles. The molecule has 1 saturated carbocycles. The summed E-state index contributed by atoms with van der Waals surface area (Å²) in [6.07, 6.45) is -8.54. The van der Waals surface area contributed by atoms with Crippen molar-refractivity contribution >= 4 is 5.91 Å². The molecule has 0 saturated heterocycles. The molecule has 1 aromatic rings. The molecule has 0 spiro atoms. The number of carbonyl (C=O) groups is 1. The van der Waals surface area contributed by atoms with Gasteiger partial charge in [-0.1, -0.05) is 0 Å². The average molecular weight is 297 g/mol. The summed E-state index contributed by atoms with van der Waals surface area (Å²) in [6, 6.07) is 0.680. The van der Waals surface area contributed by atoms with Crippen molar-refractivity contribution in [3.05, 3.63) is 34.9 Å². The molecule has 20 heavy (non-hydrogen) atoms. The normalized spacial score (nSPS) is 16.1. The minimum absolute atomic E-state index is 0.00605. The SMILES string of the molecule is O=C(NC1CC1)c1cc(C(F)(F)F)cc(C(F)(F)F)c1. The van der Waals surface area contributed by atoms with Crippen molar-refractivity contribution in [3.8, 4) is 0 Å². The first-order chi connectivity index (χ1) is 9.07. The van der Waals surface area contributed by atoms with Crippen LogP contribution in [0.1, 0.15) is 34.3 Å². The molecule has 110 valence electrons. The predicted octanol–water partition coefficient (Wildman–Crippen LogP) is 3.62. The molecule has 1 fully saturated rings. The molecule has 8 heteroatoms. The van der Waals surface area contributed by atoms with Crippen LogP contribution >= 0.6 is 0 Å². The number of alkyl halides is 6. The fourth-order valence-electron chi connectivity index (χ4n) is 1.58. The molecular weight excluding hydrogens is 288 g/mol. The summed E-state index contributed by atoms with van der Waals surface area (Å²) < 4.78 is 75.5. The third-order valence-corrected chi connectivity index (χ3v) is 2.76. The third-order valence-electron chi connectivity index (χ3n) is 2.76. The summed E-state index contributed by atoms with van der Waals surface area (Å²) in [7, 11) is 0. The summed E-state index contributed by atoms with van der Waals surface area (Å²) in [5, 5.41) is 2.35. The van der Waals surface area contributed by atoms with E-state index in [1.165, 1.54) is 0 Å². The van der Waals surface area contributed by atoms with E-state index in [-0.39, 0.29) is 12.1 Å². The second-order valence-corrected chi connectivity index (χ2v) is 4.54. The van der Waals surface area contributed by atoms with Gasteiger partial charge in [0.05, 0.1) is 11.1 Å². The Morgan fingerprint density at radius 2 is 1.40 bits per heavy atom. The summed E-state index contributed by atoms with van der Waals surface area (Å²) in [4.78, 5) is 11.6. The summed E-state index contributed by atoms with van der Waals surface area (Å²) in [5.74, 6) is -0.927. The van der Waals surface area contributed by atoms with E-state index >= 15 is 0 Å². The number of carbonyl (C=O) groups excluding carboxylic acids is 1. The lowest BCUT2D eigenvalue weighted by Crippen LogP contribution is -2.26. The molecule has 0 radical (unpaired) electrons. The molecule has 0 unspecified atom stereocenters. The number of hydrogen-bond donors (Lipinski definition) is 1. The lowest BCUT2D eigenvalue weighted by molar-refractivity contribution is -0.143. The zero-order valence-corrected chi connectivity index (χ0v) is 9.90. The second kappa shape index (κ2) is 4.68. The quantitative estimate of drug-likeness (QED) is 0.830. The fourth-order valence-corrected chi connectivity index (χ4v) is 1.58. The Kier molecular flexibility index (Phi) is 3.43. The molecule has 0 atom stereocenters. The highest BCUT2D eigenvalue weighted by atomic mass is 19.4. The molecule has 1 aromatic carbocycles. The van der Waals surface area contributed by atoms with E-state index in [1.807, 2.05) is 0 Å². The van der Waals surface area contributed by atoms with Crippen molar-refractivity contribution in [1.29, 1.82) is 0 Å². The highest BCUT2D eigenvalue weighted by molar-refractivity contribution is 5.95. The molecule has 1 aliphatic rings. The van der Waals surface area contributed by atoms with Gasteiger partial charge < -0.3 is 5.32 Å². The van der Waals surface area contributed by atoms with Crippen molar-refractivity contribution < 1.29 is 31.1 Å². The van der Waals surface area contributed by atoms with Gasteiger partial charge in [0.15, 0.2) is 0 Å². The average Bonchev–Trinajstić information content (AvgIpc) is 3.10. The van der Waals surface area contributed by atoms with Gasteiger partial charge in [0.25, 0.3) is 5.91 Å². The van der Waals surface area contributed by atoms with Gasteiger partial charge in [-0.25, -0.2) is 0 Å². The van der Waals surface area contributed by atoms with Crippen LogP contribution in [0.15, 0.2) is 18.2 Å². The first-order valence-corrected chi connectivity index (χ1v) is 5.68. The minimum atomic E-state index is -4.95. The van der Waals surface area contributed by atoms with E-state index in [4.69, 9.17) is 0 Å². The summed E-state index contributed by atoms with van der Waals surface area (Å²) >= 11 is 0. The van der Waals surface area contributed by atoms with Gasteiger partial charge >= 0.3 is 12.4 Å². The first-order valence-electron chi connectivity index (χ1n) is 5.68. The molecule has 1 aliphatic carbocycles. The van der Waals surface area contributed by atoms with Gasteiger partial charge in [0.1, 0.15) is 0 Å². The monoisotopic (exact) mass is 297 g/mol. The Balaban J connectivity index is 2.42. The van der Waals surface area contributed by atoms with Crippen LogP contribution in [0.2, 0.25) is 0 Å². The summed E-state index contributed by atoms with van der Waals surface area (Å²) in [6.45, 7) is 0. The first kappa shape index (κ1) is 14.7. The van der Waals surface area contributed by atoms with Gasteiger partial charge in [0, 0.05) is 11.6 Å². The molecule has 0 bridgehead atoms. The van der Waals surface area contributed by atoms with Crippen LogP contribution in [-0.4, -0.2) is 11.9 Å². The maximum Gasteiger partial charge on any atom is 0.416 e. The predicted molar refractivity (Wildman–Crippen MR) is 56.9 cm³/mol. The number of halogens is 6. The van der Waals surface area contributed by atoms with Crippen LogP contribution in [-0.2, 0) is 12.4 Å². The van der Waals surface area contributed by atoms with E-state index in [9.17, 15) is 31.1 Å². The van der Waals surface area contributed by atoms with Crippen molar-refractivity contribution in [2.45, 2.75) is 31.2 Å². The minimum Gasteiger partial charge on any atom is -0.349 e. The van der Waals surface area contributed by atoms with E-state index < -0.39 is 35.0 Å². The van der Waals surface area contributed by atoms with Crippen molar-refractivity contribution in [2.24, 2.45) is 0 Å². The Morgan fingerprint density at radius 3 is 1.75 bits per heavy atom. The lowest BCUT2D eigenvalue weighted by Gasteiger charge is -2.14. The third kappa shape index (κ3) is 3.43. The summed E-state index contributed by atoms with van der Waals surface area (Å²) in [5.41, 5.74) is -3.62. The maximum absolute atomic E-state index is 12.6. The standard InChI is InChI=1S/C12H9F6NO/c13-11(14,15)7-3-6(10(20)19-9-1-2-9)4-8(5-7)12(16,17)18/h3-5,9H,1-2H2,(H,19,20). The highest BCUT2D eigenvalue weighted by Gasteiger charge is 2.37. The molecular formula is C12H9F6NO. The van der Waals surface area contributed by atoms with Crippen molar-refractivity contribution in [2.75, 3.05) is 0 Å². The van der Waals surface area contributed by atoms with Gasteiger partial charge in [-0.3, -0.25) is 4.79 Å². The van der Waals surface area contributed by atoms with Crippen LogP contribution in [0.5, 0.6) is 0 Å². The van der Waals surface area contributed by atoms with Crippen LogP contribution in [0.3, 0.4) is 0 Å². The van der Waals surface area contributed by atoms with E-state index in [0.717, 1.165) is 0 Å². The molecule has 2 rings (SSSR count). The number of rotatable bonds is 2. The Labute approximate surface area is 109 Å². The van der Waals surface area contributed by atoms with E-state index in [2.05, 4.69) is 5.32 Å². The molecule has 1 amide bonds. The Hall–Kier alpha value is -1.73. The number of hydrogen-bond acceptors (Lipinski definition) is 1. The van der Waals surface area contributed by atoms with Gasteiger partial charge in [-0.15, -0.1) is 0 Å². The molecule has 2 nitrogen and oxygen atoms in total. The Bertz CT molecular complexity index is 497. The fraction of sp³-hybridized carbons (Fsp3) is 0.417. The zero-order chi connectivity index (χ0) is 15.1. The second-order valence-electron chi connectivity index (χ2n) is 4.54. The van der Waals surface area contributed by atoms with Gasteiger partial charge in [-0.05, 0) is 31.0 Å². The van der Waals surface area contributed by atoms with Crippen molar-refractivity contribution in [3.63, 3.8) is 0 Å². The molecule has 0 aromatic heterocycles. The zero-order valence-electron chi connectivity index (χ0n) is 9.90. The van der Waals surface area contributed by atoms with Crippen LogP contribution in [0, 0.1) is 0 Å². The van der Waals surface area contributed by atoms with E-state index in [0.29, 0.717) is 25.0 Å². The number of nitrogens with one attached hydrogen (secondary N) is 1. The molecule has 0 heterocycles. The Morgan fingerprint density at radius 1 is 0.950 bits per heavy atom. The van der Waals surface area contributed by atoms with Crippen molar-refractivity contribution in [1.82, 2.24) is 5.32 Å². The van der Waals surface area contributed by atoms with Crippen LogP contribution < -0.4 is 5.32 Å². The smallest absolute Gasteiger partial charge is 0.349 e. The van der Waals surface area contributed by atoms with Crippen LogP contribution in [0.25, 0.3) is 0 Å². The maximum atomic E-state index is 12.6. The lowest BCUT2D eigenvalue weighted by atomic mass is 10.0. The van der Waals surface area contributed by atoms with Crippen LogP contribution in [0.4, 0.5) is 26.3 Å². The van der Waals surface area contributed by atoms with Gasteiger partial charge in [-0.2, -0.15) is 26.3 Å². The van der Waals surface area contributed by atoms with E-state index in [1.54, 1.807) is 0 Å². The number of benzene rings is 1.